The number of rotatable bonds is 6. The molecule has 1 amide bonds. The predicted molar refractivity (Wildman–Crippen MR) is 113 cm³/mol. The van der Waals surface area contributed by atoms with Crippen molar-refractivity contribution in [3.05, 3.63) is 64.6 Å². The van der Waals surface area contributed by atoms with Crippen molar-refractivity contribution in [2.75, 3.05) is 13.7 Å². The molecule has 0 bridgehead atoms. The average molecular weight is 381 g/mol. The van der Waals surface area contributed by atoms with Crippen LogP contribution in [0.3, 0.4) is 0 Å². The number of hydrogen-bond donors (Lipinski definition) is 0. The summed E-state index contributed by atoms with van der Waals surface area (Å²) in [6.07, 6.45) is 3.99. The van der Waals surface area contributed by atoms with Crippen LogP contribution >= 0.6 is 11.8 Å². The second kappa shape index (κ2) is 8.91. The lowest BCUT2D eigenvalue weighted by Gasteiger charge is -2.09. The van der Waals surface area contributed by atoms with Crippen molar-refractivity contribution in [1.29, 1.82) is 0 Å². The summed E-state index contributed by atoms with van der Waals surface area (Å²) in [5, 5.41) is 0.685. The number of hydrogen-bond acceptors (Lipinski definition) is 4. The van der Waals surface area contributed by atoms with Crippen molar-refractivity contribution >= 4 is 34.6 Å². The summed E-state index contributed by atoms with van der Waals surface area (Å²) >= 11 is 1.39. The van der Waals surface area contributed by atoms with Crippen LogP contribution in [0.15, 0.2) is 58.4 Å². The summed E-state index contributed by atoms with van der Waals surface area (Å²) in [6.45, 7) is 4.83. The molecule has 1 aliphatic heterocycles. The maximum Gasteiger partial charge on any atom is 0.266 e. The first-order valence-electron chi connectivity index (χ1n) is 9.14. The fourth-order valence-corrected chi connectivity index (χ4v) is 3.61. The van der Waals surface area contributed by atoms with Crippen LogP contribution in [0, 0.1) is 6.92 Å². The van der Waals surface area contributed by atoms with E-state index in [-0.39, 0.29) is 5.91 Å². The molecule has 140 valence electrons. The van der Waals surface area contributed by atoms with Crippen LogP contribution in [0.25, 0.3) is 6.08 Å². The second-order valence-corrected chi connectivity index (χ2v) is 7.40. The van der Waals surface area contributed by atoms with E-state index in [4.69, 9.17) is 4.74 Å². The van der Waals surface area contributed by atoms with E-state index >= 15 is 0 Å². The molecule has 0 radical (unpaired) electrons. The molecule has 0 aliphatic carbocycles. The number of aliphatic imine (C=N–C) groups is 1. The number of benzene rings is 2. The number of aryl methyl sites for hydroxylation is 1. The van der Waals surface area contributed by atoms with Gasteiger partial charge < -0.3 is 4.74 Å². The molecule has 1 fully saturated rings. The number of likely N-dealkylation sites (N-methyl/N-ethyl adjacent to an activating group) is 1. The Morgan fingerprint density at radius 2 is 1.89 bits per heavy atom. The number of amidine groups is 1. The Morgan fingerprint density at radius 3 is 2.67 bits per heavy atom. The van der Waals surface area contributed by atoms with Crippen molar-refractivity contribution in [3.63, 3.8) is 0 Å². The van der Waals surface area contributed by atoms with E-state index in [2.05, 4.69) is 11.9 Å². The molecule has 0 atom stereocenters. The number of carbonyl (C=O) groups excluding carboxylic acids is 1. The van der Waals surface area contributed by atoms with Gasteiger partial charge in [0.15, 0.2) is 5.17 Å². The van der Waals surface area contributed by atoms with Crippen molar-refractivity contribution < 1.29 is 9.53 Å². The minimum absolute atomic E-state index is 0.0457. The maximum absolute atomic E-state index is 12.7. The Morgan fingerprint density at radius 1 is 1.15 bits per heavy atom. The van der Waals surface area contributed by atoms with Gasteiger partial charge in [0.05, 0.1) is 17.2 Å². The van der Waals surface area contributed by atoms with Crippen molar-refractivity contribution in [2.24, 2.45) is 4.99 Å². The fraction of sp³-hybridized carbons (Fsp3) is 0.273. The molecule has 1 heterocycles. The molecule has 2 aromatic carbocycles. The molecule has 0 saturated carbocycles. The highest BCUT2D eigenvalue weighted by atomic mass is 32.2. The molecule has 1 aliphatic rings. The maximum atomic E-state index is 12.7. The molecular formula is C22H24N2O2S. The molecular weight excluding hydrogens is 356 g/mol. The topological polar surface area (TPSA) is 41.9 Å². The van der Waals surface area contributed by atoms with Gasteiger partial charge in [0.25, 0.3) is 5.91 Å². The van der Waals surface area contributed by atoms with Crippen LogP contribution in [0.5, 0.6) is 5.75 Å². The normalized spacial score (nSPS) is 17.1. The van der Waals surface area contributed by atoms with E-state index in [9.17, 15) is 4.79 Å². The van der Waals surface area contributed by atoms with E-state index in [1.165, 1.54) is 11.8 Å². The van der Waals surface area contributed by atoms with Gasteiger partial charge in [-0.3, -0.25) is 9.69 Å². The second-order valence-electron chi connectivity index (χ2n) is 6.40. The minimum atomic E-state index is -0.0457. The minimum Gasteiger partial charge on any atom is -0.493 e. The van der Waals surface area contributed by atoms with Gasteiger partial charge in [0.1, 0.15) is 5.75 Å². The van der Waals surface area contributed by atoms with E-state index in [0.717, 1.165) is 35.4 Å². The zero-order valence-electron chi connectivity index (χ0n) is 15.9. The number of unbranched alkanes of at least 4 members (excludes halogenated alkanes) is 1. The highest BCUT2D eigenvalue weighted by Crippen LogP contribution is 2.35. The zero-order valence-corrected chi connectivity index (χ0v) is 16.8. The van der Waals surface area contributed by atoms with Gasteiger partial charge >= 0.3 is 0 Å². The van der Waals surface area contributed by atoms with Crippen LogP contribution in [0.2, 0.25) is 0 Å². The Balaban J connectivity index is 1.86. The number of nitrogens with zero attached hydrogens (tertiary/aromatic N) is 2. The third kappa shape index (κ3) is 4.61. The lowest BCUT2D eigenvalue weighted by atomic mass is 10.2. The zero-order chi connectivity index (χ0) is 19.2. The molecule has 2 aromatic rings. The summed E-state index contributed by atoms with van der Waals surface area (Å²) in [4.78, 5) is 19.6. The van der Waals surface area contributed by atoms with Gasteiger partial charge in [-0.1, -0.05) is 49.7 Å². The van der Waals surface area contributed by atoms with Crippen LogP contribution in [0.4, 0.5) is 5.69 Å². The summed E-state index contributed by atoms with van der Waals surface area (Å²) in [5.41, 5.74) is 2.87. The average Bonchev–Trinajstić information content (AvgIpc) is 2.93. The third-order valence-electron chi connectivity index (χ3n) is 4.30. The van der Waals surface area contributed by atoms with Crippen molar-refractivity contribution in [2.45, 2.75) is 26.7 Å². The molecule has 27 heavy (non-hydrogen) atoms. The molecule has 0 unspecified atom stereocenters. The van der Waals surface area contributed by atoms with E-state index in [1.54, 1.807) is 11.9 Å². The standard InChI is InChI=1S/C22H24N2O2S/c1-4-5-14-26-19-13-9-7-11-17(19)15-20-21(25)24(3)22(27-20)23-18-12-8-6-10-16(18)2/h6-13,15H,4-5,14H2,1-3H3/b20-15+,23-22?. The van der Waals surface area contributed by atoms with E-state index in [0.29, 0.717) is 16.7 Å². The first-order valence-corrected chi connectivity index (χ1v) is 9.95. The number of carbonyl (C=O) groups is 1. The van der Waals surface area contributed by atoms with Gasteiger partial charge in [-0.15, -0.1) is 0 Å². The summed E-state index contributed by atoms with van der Waals surface area (Å²) in [7, 11) is 1.76. The molecule has 1 saturated heterocycles. The quantitative estimate of drug-likeness (QED) is 0.497. The molecule has 0 N–H and O–H groups in total. The van der Waals surface area contributed by atoms with Crippen LogP contribution in [0.1, 0.15) is 30.9 Å². The number of para-hydroxylation sites is 2. The van der Waals surface area contributed by atoms with Gasteiger partial charge in [0.2, 0.25) is 0 Å². The molecule has 5 heteroatoms. The summed E-state index contributed by atoms with van der Waals surface area (Å²) in [6, 6.07) is 15.7. The van der Waals surface area contributed by atoms with Gasteiger partial charge in [-0.05, 0) is 48.9 Å². The fourth-order valence-electron chi connectivity index (χ4n) is 2.64. The van der Waals surface area contributed by atoms with E-state index in [1.807, 2.05) is 61.5 Å². The highest BCUT2D eigenvalue weighted by molar-refractivity contribution is 8.18. The molecule has 4 nitrogen and oxygen atoms in total. The van der Waals surface area contributed by atoms with E-state index < -0.39 is 0 Å². The Hall–Kier alpha value is -2.53. The van der Waals surface area contributed by atoms with Crippen molar-refractivity contribution in [1.82, 2.24) is 4.90 Å². The lowest BCUT2D eigenvalue weighted by molar-refractivity contribution is -0.121. The third-order valence-corrected chi connectivity index (χ3v) is 5.36. The predicted octanol–water partition coefficient (Wildman–Crippen LogP) is 5.41. The first kappa shape index (κ1) is 19.2. The lowest BCUT2D eigenvalue weighted by Crippen LogP contribution is -2.23. The van der Waals surface area contributed by atoms with Gasteiger partial charge in [-0.25, -0.2) is 4.99 Å². The SMILES string of the molecule is CCCCOc1ccccc1/C=C1/SC(=Nc2ccccc2C)N(C)C1=O. The molecule has 3 rings (SSSR count). The monoisotopic (exact) mass is 380 g/mol. The van der Waals surface area contributed by atoms with Crippen LogP contribution in [-0.4, -0.2) is 29.6 Å². The number of amides is 1. The molecule has 0 aromatic heterocycles. The Bertz CT molecular complexity index is 889. The number of thioether (sulfide) groups is 1. The largest absolute Gasteiger partial charge is 0.493 e. The Kier molecular flexibility index (Phi) is 6.35. The smallest absolute Gasteiger partial charge is 0.266 e. The van der Waals surface area contributed by atoms with Crippen molar-refractivity contribution in [3.8, 4) is 5.75 Å². The van der Waals surface area contributed by atoms with Gasteiger partial charge in [-0.2, -0.15) is 0 Å². The summed E-state index contributed by atoms with van der Waals surface area (Å²) < 4.78 is 5.88. The first-order chi connectivity index (χ1) is 13.1. The molecule has 0 spiro atoms. The Labute approximate surface area is 164 Å². The summed E-state index contributed by atoms with van der Waals surface area (Å²) in [5.74, 6) is 0.759. The van der Waals surface area contributed by atoms with Crippen LogP contribution < -0.4 is 4.74 Å². The number of ether oxygens (including phenoxy) is 1. The van der Waals surface area contributed by atoms with Crippen LogP contribution in [-0.2, 0) is 4.79 Å². The highest BCUT2D eigenvalue weighted by Gasteiger charge is 2.30. The van der Waals surface area contributed by atoms with Gasteiger partial charge in [0, 0.05) is 12.6 Å².